The lowest BCUT2D eigenvalue weighted by Gasteiger charge is -2.26. The van der Waals surface area contributed by atoms with Gasteiger partial charge in [0.05, 0.1) is 12.5 Å². The molecule has 0 aromatic rings. The van der Waals surface area contributed by atoms with Crippen LogP contribution in [0.5, 0.6) is 0 Å². The third-order valence-corrected chi connectivity index (χ3v) is 2.98. The van der Waals surface area contributed by atoms with Crippen molar-refractivity contribution < 1.29 is 14.7 Å². The Morgan fingerprint density at radius 2 is 1.47 bits per heavy atom. The molecule has 0 spiro atoms. The molecule has 1 amide bonds. The zero-order valence-corrected chi connectivity index (χ0v) is 12.6. The summed E-state index contributed by atoms with van der Waals surface area (Å²) in [5.74, 6) is -0.271. The largest absolute Gasteiger partial charge is 0.481 e. The maximum Gasteiger partial charge on any atom is 0.305 e. The molecule has 3 N–H and O–H groups in total. The maximum absolute atomic E-state index is 12.1. The van der Waals surface area contributed by atoms with Crippen LogP contribution in [0.2, 0.25) is 0 Å². The van der Waals surface area contributed by atoms with Gasteiger partial charge >= 0.3 is 5.97 Å². The van der Waals surface area contributed by atoms with Gasteiger partial charge in [-0.05, 0) is 24.7 Å². The van der Waals surface area contributed by atoms with E-state index in [2.05, 4.69) is 27.7 Å². The first kappa shape index (κ1) is 17.9. The van der Waals surface area contributed by atoms with E-state index in [1.54, 1.807) is 4.90 Å². The summed E-state index contributed by atoms with van der Waals surface area (Å²) in [5, 5.41) is 8.70. The van der Waals surface area contributed by atoms with E-state index in [1.165, 1.54) is 0 Å². The third-order valence-electron chi connectivity index (χ3n) is 2.98. The summed E-state index contributed by atoms with van der Waals surface area (Å²) >= 11 is 0. The molecule has 112 valence electrons. The summed E-state index contributed by atoms with van der Waals surface area (Å²) in [6.07, 6.45) is 1.51. The number of carbonyl (C=O) groups excluding carboxylic acids is 1. The molecule has 0 radical (unpaired) electrons. The molecular weight excluding hydrogens is 244 g/mol. The van der Waals surface area contributed by atoms with Crippen molar-refractivity contribution in [2.75, 3.05) is 13.1 Å². The van der Waals surface area contributed by atoms with Gasteiger partial charge in [-0.15, -0.1) is 0 Å². The van der Waals surface area contributed by atoms with Crippen molar-refractivity contribution in [2.45, 2.75) is 53.0 Å². The standard InChI is InChI=1S/C14H28N2O3/c1-10(2)5-7-16(8-6-11(3)4)14(19)12(15)9-13(17)18/h10-12H,5-9,15H2,1-4H3,(H,17,18). The molecule has 0 saturated heterocycles. The first-order chi connectivity index (χ1) is 8.73. The van der Waals surface area contributed by atoms with Crippen LogP contribution in [0, 0.1) is 11.8 Å². The number of nitrogens with zero attached hydrogens (tertiary/aromatic N) is 1. The van der Waals surface area contributed by atoms with Crippen LogP contribution in [-0.4, -0.2) is 41.0 Å². The van der Waals surface area contributed by atoms with Crippen molar-refractivity contribution in [1.29, 1.82) is 0 Å². The fourth-order valence-corrected chi connectivity index (χ4v) is 1.67. The third kappa shape index (κ3) is 8.59. The zero-order valence-electron chi connectivity index (χ0n) is 12.6. The Morgan fingerprint density at radius 3 is 1.79 bits per heavy atom. The lowest BCUT2D eigenvalue weighted by atomic mass is 10.1. The highest BCUT2D eigenvalue weighted by atomic mass is 16.4. The average Bonchev–Trinajstić information content (AvgIpc) is 2.26. The highest BCUT2D eigenvalue weighted by molar-refractivity contribution is 5.85. The maximum atomic E-state index is 12.1. The molecule has 0 aliphatic carbocycles. The Balaban J connectivity index is 4.51. The zero-order chi connectivity index (χ0) is 15.0. The van der Waals surface area contributed by atoms with Crippen molar-refractivity contribution in [2.24, 2.45) is 17.6 Å². The van der Waals surface area contributed by atoms with Gasteiger partial charge in [0, 0.05) is 13.1 Å². The molecule has 0 bridgehead atoms. The Kier molecular flexibility index (Phi) is 8.39. The Labute approximate surface area is 116 Å². The predicted molar refractivity (Wildman–Crippen MR) is 75.7 cm³/mol. The van der Waals surface area contributed by atoms with Crippen LogP contribution in [0.15, 0.2) is 0 Å². The van der Waals surface area contributed by atoms with Crippen molar-refractivity contribution in [3.8, 4) is 0 Å². The number of carbonyl (C=O) groups is 2. The number of aliphatic carboxylic acids is 1. The van der Waals surface area contributed by atoms with Gasteiger partial charge in [0.1, 0.15) is 0 Å². The Bertz CT molecular complexity index is 278. The lowest BCUT2D eigenvalue weighted by molar-refractivity contribution is -0.142. The first-order valence-electron chi connectivity index (χ1n) is 7.00. The van der Waals surface area contributed by atoms with Crippen LogP contribution in [0.25, 0.3) is 0 Å². The van der Waals surface area contributed by atoms with E-state index >= 15 is 0 Å². The number of carboxylic acids is 1. The van der Waals surface area contributed by atoms with Gasteiger partial charge in [-0.1, -0.05) is 27.7 Å². The molecule has 1 unspecified atom stereocenters. The molecule has 19 heavy (non-hydrogen) atoms. The molecule has 0 saturated carbocycles. The van der Waals surface area contributed by atoms with Crippen LogP contribution in [0.4, 0.5) is 0 Å². The topological polar surface area (TPSA) is 83.6 Å². The molecule has 0 aliphatic heterocycles. The fraction of sp³-hybridized carbons (Fsp3) is 0.857. The SMILES string of the molecule is CC(C)CCN(CCC(C)C)C(=O)C(N)CC(=O)O. The Morgan fingerprint density at radius 1 is 1.05 bits per heavy atom. The van der Waals surface area contributed by atoms with Crippen molar-refractivity contribution in [3.63, 3.8) is 0 Å². The van der Waals surface area contributed by atoms with E-state index in [1.807, 2.05) is 0 Å². The quantitative estimate of drug-likeness (QED) is 0.669. The van der Waals surface area contributed by atoms with Gasteiger partial charge in [-0.2, -0.15) is 0 Å². The molecule has 0 fully saturated rings. The molecule has 0 aromatic heterocycles. The van der Waals surface area contributed by atoms with E-state index in [9.17, 15) is 9.59 Å². The van der Waals surface area contributed by atoms with Gasteiger partial charge in [0.25, 0.3) is 0 Å². The number of hydrogen-bond donors (Lipinski definition) is 2. The number of rotatable bonds is 9. The van der Waals surface area contributed by atoms with Crippen LogP contribution >= 0.6 is 0 Å². The minimum atomic E-state index is -1.03. The minimum Gasteiger partial charge on any atom is -0.481 e. The molecule has 5 nitrogen and oxygen atoms in total. The number of carboxylic acid groups (broad SMARTS) is 1. The second-order valence-electron chi connectivity index (χ2n) is 5.89. The van der Waals surface area contributed by atoms with Gasteiger partial charge in [-0.3, -0.25) is 9.59 Å². The summed E-state index contributed by atoms with van der Waals surface area (Å²) in [6, 6.07) is -0.933. The summed E-state index contributed by atoms with van der Waals surface area (Å²) < 4.78 is 0. The molecule has 1 atom stereocenters. The van der Waals surface area contributed by atoms with Gasteiger partial charge in [0.2, 0.25) is 5.91 Å². The predicted octanol–water partition coefficient (Wildman–Crippen LogP) is 1.71. The summed E-state index contributed by atoms with van der Waals surface area (Å²) in [4.78, 5) is 24.5. The van der Waals surface area contributed by atoms with Crippen molar-refractivity contribution >= 4 is 11.9 Å². The fourth-order valence-electron chi connectivity index (χ4n) is 1.67. The second kappa shape index (κ2) is 8.91. The smallest absolute Gasteiger partial charge is 0.305 e. The van der Waals surface area contributed by atoms with E-state index in [0.717, 1.165) is 12.8 Å². The van der Waals surface area contributed by atoms with Gasteiger partial charge < -0.3 is 15.7 Å². The van der Waals surface area contributed by atoms with Crippen molar-refractivity contribution in [3.05, 3.63) is 0 Å². The first-order valence-corrected chi connectivity index (χ1v) is 7.00. The normalized spacial score (nSPS) is 12.8. The molecule has 5 heteroatoms. The van der Waals surface area contributed by atoms with Crippen LogP contribution < -0.4 is 5.73 Å². The number of nitrogens with two attached hydrogens (primary N) is 1. The molecule has 0 heterocycles. The minimum absolute atomic E-state index is 0.247. The summed E-state index contributed by atoms with van der Waals surface area (Å²) in [7, 11) is 0. The van der Waals surface area contributed by atoms with Crippen LogP contribution in [0.1, 0.15) is 47.0 Å². The highest BCUT2D eigenvalue weighted by Crippen LogP contribution is 2.08. The molecular formula is C14H28N2O3. The number of amides is 1. The van der Waals surface area contributed by atoms with Gasteiger partial charge in [-0.25, -0.2) is 0 Å². The number of hydrogen-bond acceptors (Lipinski definition) is 3. The van der Waals surface area contributed by atoms with E-state index < -0.39 is 12.0 Å². The monoisotopic (exact) mass is 272 g/mol. The Hall–Kier alpha value is -1.10. The van der Waals surface area contributed by atoms with E-state index in [4.69, 9.17) is 10.8 Å². The lowest BCUT2D eigenvalue weighted by Crippen LogP contribution is -2.46. The van der Waals surface area contributed by atoms with Crippen LogP contribution in [-0.2, 0) is 9.59 Å². The molecule has 0 aromatic carbocycles. The molecule has 0 aliphatic rings. The van der Waals surface area contributed by atoms with E-state index in [0.29, 0.717) is 24.9 Å². The molecule has 0 rings (SSSR count). The highest BCUT2D eigenvalue weighted by Gasteiger charge is 2.23. The van der Waals surface area contributed by atoms with Gasteiger partial charge in [0.15, 0.2) is 0 Å². The average molecular weight is 272 g/mol. The summed E-state index contributed by atoms with van der Waals surface area (Å²) in [5.41, 5.74) is 5.66. The second-order valence-corrected chi connectivity index (χ2v) is 5.89. The summed E-state index contributed by atoms with van der Waals surface area (Å²) in [6.45, 7) is 9.70. The van der Waals surface area contributed by atoms with Crippen LogP contribution in [0.3, 0.4) is 0 Å². The van der Waals surface area contributed by atoms with E-state index in [-0.39, 0.29) is 12.3 Å². The van der Waals surface area contributed by atoms with Crippen molar-refractivity contribution in [1.82, 2.24) is 4.90 Å².